The molecule has 0 bridgehead atoms. The molecule has 0 spiro atoms. The summed E-state index contributed by atoms with van der Waals surface area (Å²) in [5, 5.41) is 3.03. The molecule has 0 saturated heterocycles. The van der Waals surface area contributed by atoms with Gasteiger partial charge < -0.3 is 5.32 Å². The van der Waals surface area contributed by atoms with E-state index in [0.29, 0.717) is 0 Å². The molecule has 2 aromatic carbocycles. The number of hydrogen-bond acceptors (Lipinski definition) is 1. The Morgan fingerprint density at radius 2 is 1.68 bits per heavy atom. The average molecular weight is 335 g/mol. The minimum Gasteiger partial charge on any atom is -0.350 e. The van der Waals surface area contributed by atoms with Crippen LogP contribution in [0.15, 0.2) is 60.7 Å². The van der Waals surface area contributed by atoms with Crippen LogP contribution in [0.1, 0.15) is 50.8 Å². The summed E-state index contributed by atoms with van der Waals surface area (Å²) in [7, 11) is 0. The maximum absolute atomic E-state index is 12.1. The van der Waals surface area contributed by atoms with Gasteiger partial charge in [0, 0.05) is 12.1 Å². The van der Waals surface area contributed by atoms with Gasteiger partial charge in [0.25, 0.3) is 0 Å². The molecule has 0 aliphatic rings. The van der Waals surface area contributed by atoms with Crippen molar-refractivity contribution in [1.29, 1.82) is 0 Å². The number of carbonyl (C=O) groups is 1. The highest BCUT2D eigenvalue weighted by atomic mass is 16.1. The van der Waals surface area contributed by atoms with Crippen LogP contribution in [-0.4, -0.2) is 11.9 Å². The first kappa shape index (κ1) is 19.0. The number of amides is 1. The predicted molar refractivity (Wildman–Crippen MR) is 107 cm³/mol. The minimum atomic E-state index is -0.0412. The molecule has 2 rings (SSSR count). The summed E-state index contributed by atoms with van der Waals surface area (Å²) in [6.45, 7) is 8.64. The Labute approximate surface area is 152 Å². The molecule has 2 aromatic rings. The van der Waals surface area contributed by atoms with E-state index in [1.165, 1.54) is 11.1 Å². The van der Waals surface area contributed by atoms with Crippen LogP contribution >= 0.6 is 0 Å². The fourth-order valence-corrected chi connectivity index (χ4v) is 2.66. The van der Waals surface area contributed by atoms with Gasteiger partial charge in [-0.2, -0.15) is 0 Å². The van der Waals surface area contributed by atoms with Gasteiger partial charge in [0.1, 0.15) is 0 Å². The predicted octanol–water partition coefficient (Wildman–Crippen LogP) is 5.13. The highest BCUT2D eigenvalue weighted by Crippen LogP contribution is 2.22. The third kappa shape index (κ3) is 6.58. The van der Waals surface area contributed by atoms with E-state index in [-0.39, 0.29) is 17.4 Å². The largest absolute Gasteiger partial charge is 0.350 e. The molecule has 132 valence electrons. The Morgan fingerprint density at radius 1 is 1.04 bits per heavy atom. The van der Waals surface area contributed by atoms with Crippen molar-refractivity contribution in [3.05, 3.63) is 77.4 Å². The molecular formula is C23H29NO. The van der Waals surface area contributed by atoms with E-state index in [1.807, 2.05) is 31.2 Å². The van der Waals surface area contributed by atoms with Crippen molar-refractivity contribution in [1.82, 2.24) is 5.32 Å². The molecular weight excluding hydrogens is 306 g/mol. The van der Waals surface area contributed by atoms with Gasteiger partial charge in [-0.1, -0.05) is 75.4 Å². The van der Waals surface area contributed by atoms with E-state index in [1.54, 1.807) is 6.08 Å². The number of aryl methyl sites for hydroxylation is 1. The maximum Gasteiger partial charge on any atom is 0.244 e. The maximum atomic E-state index is 12.1. The van der Waals surface area contributed by atoms with Crippen molar-refractivity contribution in [3.8, 4) is 0 Å². The Bertz CT molecular complexity index is 693. The average Bonchev–Trinajstić information content (AvgIpc) is 2.59. The Hall–Kier alpha value is -2.35. The second kappa shape index (κ2) is 8.66. The first-order valence-corrected chi connectivity index (χ1v) is 8.97. The number of nitrogens with one attached hydrogen (secondary N) is 1. The highest BCUT2D eigenvalue weighted by molar-refractivity contribution is 5.91. The van der Waals surface area contributed by atoms with Crippen molar-refractivity contribution in [3.63, 3.8) is 0 Å². The molecule has 0 radical (unpaired) electrons. The van der Waals surface area contributed by atoms with E-state index < -0.39 is 0 Å². The molecule has 0 aromatic heterocycles. The number of carbonyl (C=O) groups excluding carboxylic acids is 1. The zero-order valence-electron chi connectivity index (χ0n) is 15.8. The Kier molecular flexibility index (Phi) is 6.58. The van der Waals surface area contributed by atoms with E-state index in [4.69, 9.17) is 0 Å². The highest BCUT2D eigenvalue weighted by Gasteiger charge is 2.12. The molecule has 0 fully saturated rings. The third-order valence-corrected chi connectivity index (χ3v) is 4.30. The van der Waals surface area contributed by atoms with E-state index in [2.05, 4.69) is 62.5 Å². The van der Waals surface area contributed by atoms with Gasteiger partial charge >= 0.3 is 0 Å². The molecule has 1 N–H and O–H groups in total. The van der Waals surface area contributed by atoms with Crippen LogP contribution in [0, 0.1) is 0 Å². The van der Waals surface area contributed by atoms with Crippen molar-refractivity contribution < 1.29 is 4.79 Å². The van der Waals surface area contributed by atoms with Gasteiger partial charge in [-0.05, 0) is 47.9 Å². The molecule has 2 heteroatoms. The zero-order valence-corrected chi connectivity index (χ0v) is 15.8. The zero-order chi connectivity index (χ0) is 18.3. The van der Waals surface area contributed by atoms with Crippen LogP contribution < -0.4 is 5.32 Å². The molecule has 2 nitrogen and oxygen atoms in total. The van der Waals surface area contributed by atoms with Gasteiger partial charge in [-0.3, -0.25) is 4.79 Å². The van der Waals surface area contributed by atoms with Gasteiger partial charge in [-0.15, -0.1) is 0 Å². The molecule has 25 heavy (non-hydrogen) atoms. The lowest BCUT2D eigenvalue weighted by Gasteiger charge is -2.18. The summed E-state index contributed by atoms with van der Waals surface area (Å²) in [4.78, 5) is 12.1. The number of rotatable bonds is 6. The first-order valence-electron chi connectivity index (χ1n) is 8.97. The molecule has 1 unspecified atom stereocenters. The quantitative estimate of drug-likeness (QED) is 0.728. The summed E-state index contributed by atoms with van der Waals surface area (Å²) in [6, 6.07) is 18.9. The summed E-state index contributed by atoms with van der Waals surface area (Å²) in [5.74, 6) is -0.0412. The van der Waals surface area contributed by atoms with Crippen molar-refractivity contribution in [2.24, 2.45) is 0 Å². The minimum absolute atomic E-state index is 0.0412. The Balaban J connectivity index is 1.81. The van der Waals surface area contributed by atoms with Crippen LogP contribution in [0.5, 0.6) is 0 Å². The lowest BCUT2D eigenvalue weighted by atomic mass is 9.87. The van der Waals surface area contributed by atoms with Crippen LogP contribution in [0.3, 0.4) is 0 Å². The fourth-order valence-electron chi connectivity index (χ4n) is 2.66. The summed E-state index contributed by atoms with van der Waals surface area (Å²) in [6.07, 6.45) is 5.39. The van der Waals surface area contributed by atoms with E-state index in [0.717, 1.165) is 18.4 Å². The van der Waals surface area contributed by atoms with Gasteiger partial charge in [0.2, 0.25) is 5.91 Å². The lowest BCUT2D eigenvalue weighted by Crippen LogP contribution is -2.31. The molecule has 1 atom stereocenters. The molecule has 0 aliphatic heterocycles. The molecule has 0 aliphatic carbocycles. The van der Waals surface area contributed by atoms with Crippen molar-refractivity contribution >= 4 is 12.0 Å². The monoisotopic (exact) mass is 335 g/mol. The standard InChI is InChI=1S/C23H29NO/c1-18(10-11-19-8-6-5-7-9-19)24-22(25)17-14-20-12-15-21(16-13-20)23(2,3)4/h5-9,12-18H,10-11H2,1-4H3,(H,24,25). The normalized spacial score (nSPS) is 13.0. The summed E-state index contributed by atoms with van der Waals surface area (Å²) >= 11 is 0. The molecule has 0 heterocycles. The molecule has 1 amide bonds. The second-order valence-corrected chi connectivity index (χ2v) is 7.64. The molecule has 0 saturated carbocycles. The fraction of sp³-hybridized carbons (Fsp3) is 0.348. The second-order valence-electron chi connectivity index (χ2n) is 7.64. The van der Waals surface area contributed by atoms with Crippen LogP contribution in [0.4, 0.5) is 0 Å². The van der Waals surface area contributed by atoms with E-state index >= 15 is 0 Å². The van der Waals surface area contributed by atoms with Gasteiger partial charge in [-0.25, -0.2) is 0 Å². The van der Waals surface area contributed by atoms with E-state index in [9.17, 15) is 4.79 Å². The number of benzene rings is 2. The summed E-state index contributed by atoms with van der Waals surface area (Å²) < 4.78 is 0. The van der Waals surface area contributed by atoms with Crippen LogP contribution in [0.2, 0.25) is 0 Å². The van der Waals surface area contributed by atoms with Gasteiger partial charge in [0.05, 0.1) is 0 Å². The topological polar surface area (TPSA) is 29.1 Å². The third-order valence-electron chi connectivity index (χ3n) is 4.30. The summed E-state index contributed by atoms with van der Waals surface area (Å²) in [5.41, 5.74) is 3.79. The van der Waals surface area contributed by atoms with Crippen LogP contribution in [-0.2, 0) is 16.6 Å². The lowest BCUT2D eigenvalue weighted by molar-refractivity contribution is -0.117. The van der Waals surface area contributed by atoms with Crippen molar-refractivity contribution in [2.75, 3.05) is 0 Å². The first-order chi connectivity index (χ1) is 11.8. The SMILES string of the molecule is CC(CCc1ccccc1)NC(=O)C=Cc1ccc(C(C)(C)C)cc1. The van der Waals surface area contributed by atoms with Gasteiger partial charge in [0.15, 0.2) is 0 Å². The number of hydrogen-bond donors (Lipinski definition) is 1. The smallest absolute Gasteiger partial charge is 0.244 e. The van der Waals surface area contributed by atoms with Crippen LogP contribution in [0.25, 0.3) is 6.08 Å². The van der Waals surface area contributed by atoms with Crippen molar-refractivity contribution in [2.45, 2.75) is 52.0 Å². The Morgan fingerprint density at radius 3 is 2.28 bits per heavy atom.